The molecule has 0 unspecified atom stereocenters. The van der Waals surface area contributed by atoms with E-state index in [-0.39, 0.29) is 0 Å². The fourth-order valence-electron chi connectivity index (χ4n) is 12.8. The highest BCUT2D eigenvalue weighted by Gasteiger charge is 2.44. The molecule has 0 radical (unpaired) electrons. The van der Waals surface area contributed by atoms with Crippen LogP contribution in [0.4, 0.5) is 0 Å². The summed E-state index contributed by atoms with van der Waals surface area (Å²) in [7, 11) is -1.67. The summed E-state index contributed by atoms with van der Waals surface area (Å²) in [5, 5.41) is 4.56. The molecule has 0 fully saturated rings. The number of hydrogen-bond donors (Lipinski definition) is 0. The molecule has 0 aliphatic rings. The summed E-state index contributed by atoms with van der Waals surface area (Å²) in [5.41, 5.74) is 0. The summed E-state index contributed by atoms with van der Waals surface area (Å²) < 4.78 is 0. The summed E-state index contributed by atoms with van der Waals surface area (Å²) in [5.74, 6) is 0. The van der Waals surface area contributed by atoms with Crippen LogP contribution in [0.1, 0.15) is 354 Å². The van der Waals surface area contributed by atoms with Gasteiger partial charge in [-0.15, -0.1) is 0 Å². The molecule has 0 amide bonds. The lowest BCUT2D eigenvalue weighted by atomic mass is 10.0. The van der Waals surface area contributed by atoms with E-state index < -0.39 is 7.26 Å². The van der Waals surface area contributed by atoms with Gasteiger partial charge in [-0.3, -0.25) is 0 Å². The highest BCUT2D eigenvalue weighted by atomic mass is 31.2. The van der Waals surface area contributed by atoms with E-state index >= 15 is 0 Å². The molecule has 0 saturated carbocycles. The van der Waals surface area contributed by atoms with Crippen molar-refractivity contribution >= 4 is 23.2 Å². The van der Waals surface area contributed by atoms with E-state index in [4.69, 9.17) is 0 Å². The summed E-state index contributed by atoms with van der Waals surface area (Å²) >= 11 is 0. The molecule has 3 aromatic rings. The fraction of sp³-hybridized carbons (Fsp3) is 0.667. The first-order valence-corrected chi connectivity index (χ1v) is 39.6. The maximum absolute atomic E-state index is 2.48. The molecule has 0 aliphatic heterocycles. The first kappa shape index (κ1) is 76.0. The van der Waals surface area contributed by atoms with Gasteiger partial charge in [0.1, 0.15) is 23.2 Å². The normalized spacial score (nSPS) is 12.3. The van der Waals surface area contributed by atoms with E-state index in [1.807, 2.05) is 0 Å². The number of allylic oxidation sites excluding steroid dienone is 10. The van der Waals surface area contributed by atoms with E-state index in [0.29, 0.717) is 0 Å². The third kappa shape index (κ3) is 44.8. The van der Waals surface area contributed by atoms with Gasteiger partial charge in [-0.2, -0.15) is 0 Å². The van der Waals surface area contributed by atoms with E-state index in [0.717, 1.165) is 0 Å². The predicted octanol–water partition coefficient (Wildman–Crippen LogP) is 27.8. The molecule has 0 aromatic heterocycles. The quantitative estimate of drug-likeness (QED) is 0.0300. The van der Waals surface area contributed by atoms with Crippen molar-refractivity contribution in [2.24, 2.45) is 0 Å². The van der Waals surface area contributed by atoms with Crippen LogP contribution in [-0.2, 0) is 0 Å². The monoisotopic (exact) mass is 1180 g/mol. The average Bonchev–Trinajstić information content (AvgIpc) is 3.10. The van der Waals surface area contributed by atoms with E-state index in [1.54, 1.807) is 0 Å². The van der Waals surface area contributed by atoms with Gasteiger partial charge in [-0.25, -0.2) is 0 Å². The maximum Gasteiger partial charge on any atom is 0.112 e. The van der Waals surface area contributed by atoms with Crippen LogP contribution in [0.25, 0.3) is 0 Å². The van der Waals surface area contributed by atoms with Crippen LogP contribution >= 0.6 is 7.26 Å². The summed E-state index contributed by atoms with van der Waals surface area (Å²) in [6.45, 7) is 2.29. The highest BCUT2D eigenvalue weighted by Crippen LogP contribution is 2.56. The van der Waals surface area contributed by atoms with Gasteiger partial charge < -0.3 is 0 Å². The van der Waals surface area contributed by atoms with Gasteiger partial charge in [0, 0.05) is 0 Å². The number of unbranched alkanes of at least 4 members (excludes halogenated alkanes) is 48. The lowest BCUT2D eigenvalue weighted by Crippen LogP contribution is -2.33. The van der Waals surface area contributed by atoms with E-state index in [1.165, 1.54) is 369 Å². The van der Waals surface area contributed by atoms with Gasteiger partial charge in [0.25, 0.3) is 0 Å². The third-order valence-electron chi connectivity index (χ3n) is 18.2. The van der Waals surface area contributed by atoms with Crippen LogP contribution in [0.5, 0.6) is 0 Å². The Bertz CT molecular complexity index is 1840. The second-order valence-electron chi connectivity index (χ2n) is 26.0. The molecule has 1 heteroatoms. The molecular formula is C84H138P+. The predicted molar refractivity (Wildman–Crippen MR) is 391 cm³/mol. The van der Waals surface area contributed by atoms with Crippen molar-refractivity contribution in [3.05, 3.63) is 152 Å². The Balaban J connectivity index is 0.934. The number of rotatable bonds is 63. The molecule has 0 nitrogen and oxygen atoms in total. The Labute approximate surface area is 531 Å². The molecule has 478 valence electrons. The lowest BCUT2D eigenvalue weighted by molar-refractivity contribution is 0.566. The zero-order valence-corrected chi connectivity index (χ0v) is 57.2. The van der Waals surface area contributed by atoms with Crippen molar-refractivity contribution in [3.63, 3.8) is 0 Å². The maximum atomic E-state index is 2.48. The second-order valence-corrected chi connectivity index (χ2v) is 29.6. The number of hydrogen-bond acceptors (Lipinski definition) is 0. The lowest BCUT2D eigenvalue weighted by Gasteiger charge is -2.27. The molecule has 3 rings (SSSR count). The van der Waals surface area contributed by atoms with Crippen molar-refractivity contribution in [1.29, 1.82) is 0 Å². The van der Waals surface area contributed by atoms with E-state index in [2.05, 4.69) is 159 Å². The van der Waals surface area contributed by atoms with Crippen molar-refractivity contribution in [3.8, 4) is 0 Å². The SMILES string of the molecule is CCCCC/C=C/CCCCCCCCCC/C=C/CCCCCCCCCC/C=C/CCCCCCCCCC/C=C/CCCCCCCCCC/C=C/CCCCCCCCCCC[P+](c1ccccc1)(c1ccccc1)c1ccccc1. The first-order valence-electron chi connectivity index (χ1n) is 37.7. The average molecular weight is 1180 g/mol. The summed E-state index contributed by atoms with van der Waals surface area (Å²) in [6.07, 6.45) is 101. The van der Waals surface area contributed by atoms with Crippen molar-refractivity contribution in [2.45, 2.75) is 354 Å². The minimum atomic E-state index is -1.67. The summed E-state index contributed by atoms with van der Waals surface area (Å²) in [4.78, 5) is 0. The van der Waals surface area contributed by atoms with Crippen LogP contribution in [-0.4, -0.2) is 6.16 Å². The Morgan fingerprint density at radius 2 is 0.341 bits per heavy atom. The molecule has 0 aliphatic carbocycles. The van der Waals surface area contributed by atoms with Gasteiger partial charge in [-0.05, 0) is 178 Å². The van der Waals surface area contributed by atoms with Gasteiger partial charge in [0.2, 0.25) is 0 Å². The van der Waals surface area contributed by atoms with Gasteiger partial charge in [0.05, 0.1) is 6.16 Å². The molecule has 0 spiro atoms. The van der Waals surface area contributed by atoms with E-state index in [9.17, 15) is 0 Å². The Morgan fingerprint density at radius 3 is 0.518 bits per heavy atom. The Kier molecular flexibility index (Phi) is 54.6. The van der Waals surface area contributed by atoms with Gasteiger partial charge in [-0.1, -0.05) is 328 Å². The molecule has 0 saturated heterocycles. The Hall–Kier alpha value is -3.21. The zero-order chi connectivity index (χ0) is 59.8. The molecule has 0 bridgehead atoms. The van der Waals surface area contributed by atoms with Crippen LogP contribution in [0, 0.1) is 0 Å². The summed E-state index contributed by atoms with van der Waals surface area (Å²) in [6, 6.07) is 34.2. The molecule has 0 N–H and O–H groups in total. The van der Waals surface area contributed by atoms with Crippen LogP contribution < -0.4 is 15.9 Å². The standard InChI is InChI=1S/C84H138P/c1-2-3-4-5-6-7-8-9-10-11-12-13-14-15-16-17-18-19-20-21-22-23-24-25-26-27-28-29-30-31-32-33-34-35-36-37-38-39-40-41-42-43-44-45-46-47-48-49-50-51-52-53-54-55-56-57-58-59-60-61-62-63-64-74-81-85(82-75-68-65-69-76-82,83-77-70-66-71-78-83)84-79-72-67-73-80-84/h6-7,18-19,30-31,42-43,54-55,65-73,75-80H,2-5,8-17,20-29,32-41,44-53,56-64,74,81H2,1H3/q+1/b7-6+,19-18+,31-30+,43-42+,55-54+. The van der Waals surface area contributed by atoms with Crippen LogP contribution in [0.15, 0.2) is 152 Å². The highest BCUT2D eigenvalue weighted by molar-refractivity contribution is 7.95. The third-order valence-corrected chi connectivity index (χ3v) is 22.8. The topological polar surface area (TPSA) is 0 Å². The van der Waals surface area contributed by atoms with Crippen LogP contribution in [0.2, 0.25) is 0 Å². The second kappa shape index (κ2) is 61.0. The van der Waals surface area contributed by atoms with Gasteiger partial charge in [0.15, 0.2) is 0 Å². The minimum absolute atomic E-state index is 1.26. The smallest absolute Gasteiger partial charge is 0.0885 e. The van der Waals surface area contributed by atoms with Crippen molar-refractivity contribution in [2.75, 3.05) is 6.16 Å². The van der Waals surface area contributed by atoms with Crippen LogP contribution in [0.3, 0.4) is 0 Å². The van der Waals surface area contributed by atoms with Crippen molar-refractivity contribution in [1.82, 2.24) is 0 Å². The zero-order valence-electron chi connectivity index (χ0n) is 56.3. The first-order chi connectivity index (χ1) is 42.4. The molecule has 3 aromatic carbocycles. The molecule has 0 atom stereocenters. The number of benzene rings is 3. The fourth-order valence-corrected chi connectivity index (χ4v) is 17.2. The Morgan fingerprint density at radius 1 is 0.188 bits per heavy atom. The largest absolute Gasteiger partial charge is 0.112 e. The van der Waals surface area contributed by atoms with Crippen molar-refractivity contribution < 1.29 is 0 Å². The molecule has 0 heterocycles. The minimum Gasteiger partial charge on any atom is -0.0885 e. The van der Waals surface area contributed by atoms with Gasteiger partial charge >= 0.3 is 0 Å². The molecular weight excluding hydrogens is 1040 g/mol. The molecule has 85 heavy (non-hydrogen) atoms.